The molecule has 0 atom stereocenters. The summed E-state index contributed by atoms with van der Waals surface area (Å²) in [5.41, 5.74) is -0.0465. The molecule has 4 rings (SSSR count). The number of carbonyl (C=O) groups excluding carboxylic acids is 6. The number of anilines is 1. The smallest absolute Gasteiger partial charge is 0.275 e. The summed E-state index contributed by atoms with van der Waals surface area (Å²) in [5, 5.41) is 22.6. The zero-order valence-electron chi connectivity index (χ0n) is 25.1. The van der Waals surface area contributed by atoms with Crippen LogP contribution in [0.3, 0.4) is 0 Å². The van der Waals surface area contributed by atoms with Crippen LogP contribution >= 0.6 is 0 Å². The van der Waals surface area contributed by atoms with Gasteiger partial charge in [0.1, 0.15) is 0 Å². The number of benzene rings is 2. The second-order valence-corrected chi connectivity index (χ2v) is 12.7. The molecular formula is C26H28N10O10S2. The van der Waals surface area contributed by atoms with Crippen LogP contribution in [-0.2, 0) is 40.1 Å². The summed E-state index contributed by atoms with van der Waals surface area (Å²) in [7, 11) is -7.59. The normalized spacial score (nSPS) is 16.4. The van der Waals surface area contributed by atoms with Crippen LogP contribution in [0.5, 0.6) is 0 Å². The minimum absolute atomic E-state index is 0.0114. The largest absolute Gasteiger partial charge is 0.328 e. The second kappa shape index (κ2) is 15.0. The van der Waals surface area contributed by atoms with Crippen LogP contribution in [0.2, 0.25) is 0 Å². The molecule has 0 radical (unpaired) electrons. The van der Waals surface area contributed by atoms with Crippen LogP contribution in [0.15, 0.2) is 61.8 Å². The predicted molar refractivity (Wildman–Crippen MR) is 165 cm³/mol. The number of hydrogen-bond donors (Lipinski definition) is 6. The molecule has 0 spiro atoms. The zero-order chi connectivity index (χ0) is 35.2. The molecule has 48 heavy (non-hydrogen) atoms. The lowest BCUT2D eigenvalue weighted by Gasteiger charge is -2.22. The Balaban J connectivity index is 1.84. The summed E-state index contributed by atoms with van der Waals surface area (Å²) in [5.74, 6) is -4.12. The Morgan fingerprint density at radius 1 is 0.729 bits per heavy atom. The first-order valence-corrected chi connectivity index (χ1v) is 16.7. The topological polar surface area (TPSA) is 284 Å². The Morgan fingerprint density at radius 2 is 1.21 bits per heavy atom. The molecule has 5 N–H and O–H groups in total. The number of amides is 8. The van der Waals surface area contributed by atoms with Crippen LogP contribution in [0, 0.1) is 0 Å². The van der Waals surface area contributed by atoms with E-state index in [1.165, 1.54) is 30.3 Å². The van der Waals surface area contributed by atoms with Gasteiger partial charge in [-0.15, -0.1) is 0 Å². The van der Waals surface area contributed by atoms with Gasteiger partial charge >= 0.3 is 12.1 Å². The number of carbonyl (C=O) groups is 6. The van der Waals surface area contributed by atoms with Gasteiger partial charge in [0.15, 0.2) is 0 Å². The molecule has 20 nitrogen and oxygen atoms in total. The lowest BCUT2D eigenvalue weighted by molar-refractivity contribution is -0.133. The number of barbiturate groups is 2. The van der Waals surface area contributed by atoms with Gasteiger partial charge in [0.2, 0.25) is 33.0 Å². The van der Waals surface area contributed by atoms with Crippen LogP contribution in [0.25, 0.3) is 11.1 Å². The maximum atomic E-state index is 13.5. The van der Waals surface area contributed by atoms with E-state index in [0.29, 0.717) is 12.8 Å². The Kier molecular flexibility index (Phi) is 11.0. The van der Waals surface area contributed by atoms with Gasteiger partial charge in [-0.25, -0.2) is 31.1 Å². The highest BCUT2D eigenvalue weighted by atomic mass is 32.2. The lowest BCUT2D eigenvalue weighted by Crippen LogP contribution is -2.57. The predicted octanol–water partition coefficient (Wildman–Crippen LogP) is 0.421. The van der Waals surface area contributed by atoms with Gasteiger partial charge in [0.05, 0.1) is 22.0 Å². The Hall–Kier alpha value is -5.48. The maximum Gasteiger partial charge on any atom is 0.328 e. The number of hydrogen-bond acceptors (Lipinski definition) is 14. The Labute approximate surface area is 274 Å². The van der Waals surface area contributed by atoms with E-state index in [9.17, 15) is 45.6 Å². The highest BCUT2D eigenvalue weighted by Gasteiger charge is 2.35. The van der Waals surface area contributed by atoms with E-state index in [0.717, 1.165) is 10.4 Å². The van der Waals surface area contributed by atoms with Crippen LogP contribution in [0.1, 0.15) is 26.7 Å². The number of urea groups is 2. The zero-order valence-corrected chi connectivity index (χ0v) is 26.8. The fourth-order valence-corrected chi connectivity index (χ4v) is 6.41. The van der Waals surface area contributed by atoms with Crippen molar-refractivity contribution in [3.63, 3.8) is 0 Å². The standard InChI is InChI=1S/C26H28N10O10S2/c1-3-9-27-48(45,46)18-12-14(33-35-20-23(39)30-26(42)31-24(20)40)6-8-16(18)15-7-5-13(11-17(15)36(10-4-2)47(43)44)32-34-19-21(37)28-25(41)29-22(19)38/h5-8,11-12,19-20,27,47H,3-4,9-10H2,1-2H3,(H2,28,29,37,38,41)(H2,30,31,39,40,42). The van der Waals surface area contributed by atoms with E-state index >= 15 is 0 Å². The number of rotatable bonds is 13. The van der Waals surface area contributed by atoms with E-state index in [-0.39, 0.29) is 46.2 Å². The second-order valence-electron chi connectivity index (χ2n) is 9.99. The molecule has 2 fully saturated rings. The molecule has 0 bridgehead atoms. The van der Waals surface area contributed by atoms with Crippen molar-refractivity contribution in [2.24, 2.45) is 20.5 Å². The lowest BCUT2D eigenvalue weighted by atomic mass is 10.0. The van der Waals surface area contributed by atoms with Gasteiger partial charge in [0, 0.05) is 24.2 Å². The van der Waals surface area contributed by atoms with E-state index in [2.05, 4.69) is 25.2 Å². The molecule has 2 saturated heterocycles. The maximum absolute atomic E-state index is 13.5. The number of thiol groups is 1. The summed E-state index contributed by atoms with van der Waals surface area (Å²) in [6.45, 7) is 3.46. The van der Waals surface area contributed by atoms with Crippen molar-refractivity contribution in [2.75, 3.05) is 17.4 Å². The summed E-state index contributed by atoms with van der Waals surface area (Å²) >= 11 is 0. The summed E-state index contributed by atoms with van der Waals surface area (Å²) in [6, 6.07) is 2.19. The number of nitrogens with one attached hydrogen (secondary N) is 5. The molecule has 0 saturated carbocycles. The van der Waals surface area contributed by atoms with Gasteiger partial charge in [-0.1, -0.05) is 26.0 Å². The molecule has 2 aliphatic rings. The highest BCUT2D eigenvalue weighted by molar-refractivity contribution is 7.89. The molecule has 2 heterocycles. The number of sulfonamides is 1. The molecule has 0 aliphatic carbocycles. The van der Waals surface area contributed by atoms with Crippen molar-refractivity contribution < 1.29 is 45.6 Å². The Bertz CT molecular complexity index is 1900. The summed E-state index contributed by atoms with van der Waals surface area (Å²) in [4.78, 5) is 70.6. The van der Waals surface area contributed by atoms with Crippen molar-refractivity contribution in [1.29, 1.82) is 0 Å². The van der Waals surface area contributed by atoms with Crippen molar-refractivity contribution in [1.82, 2.24) is 26.0 Å². The average molecular weight is 705 g/mol. The van der Waals surface area contributed by atoms with Crippen LogP contribution in [-0.4, -0.2) is 77.7 Å². The molecule has 0 aromatic heterocycles. The quantitative estimate of drug-likeness (QED) is 0.0949. The minimum atomic E-state index is -4.31. The van der Waals surface area contributed by atoms with Crippen molar-refractivity contribution in [3.05, 3.63) is 36.4 Å². The molecule has 254 valence electrons. The van der Waals surface area contributed by atoms with Gasteiger partial charge in [0.25, 0.3) is 23.6 Å². The third-order valence-corrected chi connectivity index (χ3v) is 8.81. The molecular weight excluding hydrogens is 676 g/mol. The summed E-state index contributed by atoms with van der Waals surface area (Å²) in [6.07, 6.45) is 0.775. The SMILES string of the molecule is CCCNS(=O)(=O)c1cc(N=NC2C(=O)NC(=O)NC2=O)ccc1-c1ccc(N=NC2C(=O)NC(=O)NC2=O)cc1N(CCC)[SH](=O)=O. The van der Waals surface area contributed by atoms with Gasteiger partial charge < -0.3 is 0 Å². The van der Waals surface area contributed by atoms with E-state index < -0.39 is 68.7 Å². The van der Waals surface area contributed by atoms with Crippen LogP contribution in [0.4, 0.5) is 26.7 Å². The molecule has 8 amide bonds. The fourth-order valence-electron chi connectivity index (χ4n) is 4.34. The van der Waals surface area contributed by atoms with E-state index in [1.54, 1.807) is 13.8 Å². The minimum Gasteiger partial charge on any atom is -0.275 e. The number of nitrogens with zero attached hydrogens (tertiary/aromatic N) is 5. The fraction of sp³-hybridized carbons (Fsp3) is 0.308. The van der Waals surface area contributed by atoms with Gasteiger partial charge in [-0.05, 0) is 37.1 Å². The monoisotopic (exact) mass is 704 g/mol. The molecule has 0 unspecified atom stereocenters. The molecule has 2 aromatic rings. The van der Waals surface area contributed by atoms with Crippen molar-refractivity contribution in [2.45, 2.75) is 43.7 Å². The average Bonchev–Trinajstić information content (AvgIpc) is 3.01. The third-order valence-electron chi connectivity index (χ3n) is 6.50. The van der Waals surface area contributed by atoms with Crippen molar-refractivity contribution in [3.8, 4) is 11.1 Å². The van der Waals surface area contributed by atoms with Gasteiger partial charge in [-0.3, -0.25) is 44.8 Å². The number of imide groups is 4. The first-order chi connectivity index (χ1) is 22.7. The molecule has 2 aromatic carbocycles. The first kappa shape index (κ1) is 35.4. The highest BCUT2D eigenvalue weighted by Crippen LogP contribution is 2.39. The molecule has 22 heteroatoms. The number of azo groups is 2. The summed E-state index contributed by atoms with van der Waals surface area (Å²) < 4.78 is 55.3. The van der Waals surface area contributed by atoms with Crippen molar-refractivity contribution >= 4 is 73.7 Å². The van der Waals surface area contributed by atoms with E-state index in [4.69, 9.17) is 0 Å². The molecule has 2 aliphatic heterocycles. The van der Waals surface area contributed by atoms with Crippen LogP contribution < -0.4 is 30.3 Å². The first-order valence-electron chi connectivity index (χ1n) is 14.1. The van der Waals surface area contributed by atoms with E-state index in [1.807, 2.05) is 21.3 Å². The third kappa shape index (κ3) is 8.08. The van der Waals surface area contributed by atoms with Gasteiger partial charge in [-0.2, -0.15) is 20.5 Å². The Morgan fingerprint density at radius 3 is 1.67 bits per heavy atom.